The molecule has 3 rings (SSSR count). The van der Waals surface area contributed by atoms with Crippen LogP contribution in [0, 0.1) is 5.92 Å². The molecule has 2 N–H and O–H groups in total. The van der Waals surface area contributed by atoms with Gasteiger partial charge in [-0.15, -0.1) is 0 Å². The Labute approximate surface area is 202 Å². The molecule has 0 aromatic heterocycles. The number of carbonyl (C=O) groups excluding carboxylic acids is 3. The molecule has 188 valence electrons. The fourth-order valence-electron chi connectivity index (χ4n) is 4.68. The van der Waals surface area contributed by atoms with E-state index in [0.717, 1.165) is 6.42 Å². The Kier molecular flexibility index (Phi) is 9.07. The molecule has 1 saturated carbocycles. The van der Waals surface area contributed by atoms with Gasteiger partial charge >= 0.3 is 0 Å². The molecule has 1 aliphatic heterocycles. The van der Waals surface area contributed by atoms with Gasteiger partial charge in [0.1, 0.15) is 0 Å². The van der Waals surface area contributed by atoms with Gasteiger partial charge in [-0.3, -0.25) is 14.4 Å². The number of rotatable bonds is 8. The van der Waals surface area contributed by atoms with Crippen molar-refractivity contribution in [2.24, 2.45) is 5.92 Å². The van der Waals surface area contributed by atoms with Crippen LogP contribution in [-0.4, -0.2) is 68.2 Å². The molecule has 1 atom stereocenters. The largest absolute Gasteiger partial charge is 0.339 e. The summed E-state index contributed by atoms with van der Waals surface area (Å²) in [4.78, 5) is 40.0. The Morgan fingerprint density at radius 2 is 1.56 bits per heavy atom. The summed E-state index contributed by atoms with van der Waals surface area (Å²) in [6, 6.07) is 4.80. The first kappa shape index (κ1) is 26.2. The number of benzene rings is 1. The molecule has 1 aliphatic carbocycles. The highest BCUT2D eigenvalue weighted by molar-refractivity contribution is 7.89. The van der Waals surface area contributed by atoms with Crippen molar-refractivity contribution in [3.63, 3.8) is 0 Å². The van der Waals surface area contributed by atoms with E-state index in [9.17, 15) is 22.8 Å². The summed E-state index contributed by atoms with van der Waals surface area (Å²) in [5.74, 6) is 0.247. The second kappa shape index (κ2) is 11.8. The third kappa shape index (κ3) is 7.27. The normalized spacial score (nSPS) is 18.4. The fraction of sp³-hybridized carbons (Fsp3) is 0.625. The molecule has 1 aromatic carbocycles. The number of hydrogen-bond donors (Lipinski definition) is 2. The predicted octanol–water partition coefficient (Wildman–Crippen LogP) is 2.34. The minimum absolute atomic E-state index is 0.00892. The molecule has 0 spiro atoms. The summed E-state index contributed by atoms with van der Waals surface area (Å²) in [5, 5.41) is 2.58. The lowest BCUT2D eigenvalue weighted by Crippen LogP contribution is -2.55. The molecule has 34 heavy (non-hydrogen) atoms. The van der Waals surface area contributed by atoms with Crippen LogP contribution >= 0.6 is 0 Å². The van der Waals surface area contributed by atoms with Crippen LogP contribution in [-0.2, 0) is 24.4 Å². The molecule has 10 heteroatoms. The van der Waals surface area contributed by atoms with Crippen LogP contribution in [0.1, 0.15) is 58.8 Å². The quantitative estimate of drug-likeness (QED) is 0.578. The molecule has 1 heterocycles. The molecule has 0 bridgehead atoms. The second-order valence-electron chi connectivity index (χ2n) is 9.30. The summed E-state index contributed by atoms with van der Waals surface area (Å²) < 4.78 is 27.8. The second-order valence-corrected chi connectivity index (χ2v) is 11.0. The van der Waals surface area contributed by atoms with Gasteiger partial charge in [0.05, 0.1) is 10.9 Å². The smallest absolute Gasteiger partial charge is 0.241 e. The third-order valence-corrected chi connectivity index (χ3v) is 8.18. The number of anilines is 1. The van der Waals surface area contributed by atoms with Crippen LogP contribution in [0.2, 0.25) is 0 Å². The van der Waals surface area contributed by atoms with Crippen molar-refractivity contribution < 1.29 is 22.8 Å². The van der Waals surface area contributed by atoms with Gasteiger partial charge in [-0.1, -0.05) is 32.1 Å². The summed E-state index contributed by atoms with van der Waals surface area (Å²) in [6.45, 7) is 4.62. The van der Waals surface area contributed by atoms with Crippen molar-refractivity contribution in [3.05, 3.63) is 24.3 Å². The van der Waals surface area contributed by atoms with Crippen LogP contribution in [0.5, 0.6) is 0 Å². The van der Waals surface area contributed by atoms with Crippen LogP contribution in [0.15, 0.2) is 29.2 Å². The number of nitrogens with one attached hydrogen (secondary N) is 2. The Morgan fingerprint density at radius 3 is 2.15 bits per heavy atom. The van der Waals surface area contributed by atoms with E-state index in [1.807, 2.05) is 4.90 Å². The van der Waals surface area contributed by atoms with E-state index in [0.29, 0.717) is 44.2 Å². The van der Waals surface area contributed by atoms with Crippen molar-refractivity contribution in [1.82, 2.24) is 14.5 Å². The maximum atomic E-state index is 12.8. The molecule has 0 unspecified atom stereocenters. The van der Waals surface area contributed by atoms with E-state index in [2.05, 4.69) is 10.0 Å². The number of piperazine rings is 1. The molecule has 3 amide bonds. The monoisotopic (exact) mass is 492 g/mol. The standard InChI is InChI=1S/C24H36N4O5S/c1-18(26-34(32,33)22-11-9-21(10-12-22)25-19(2)29)24(31)28-16-14-27(15-17-28)23(30)13-8-20-6-4-3-5-7-20/h9-12,18,20,26H,3-8,13-17H2,1-2H3,(H,25,29)/t18-/m0/s1. The van der Waals surface area contributed by atoms with E-state index in [-0.39, 0.29) is 22.6 Å². The molecule has 2 aliphatic rings. The van der Waals surface area contributed by atoms with Gasteiger partial charge in [0.25, 0.3) is 0 Å². The molecule has 9 nitrogen and oxygen atoms in total. The van der Waals surface area contributed by atoms with Gasteiger partial charge in [0.15, 0.2) is 0 Å². The van der Waals surface area contributed by atoms with Gasteiger partial charge < -0.3 is 15.1 Å². The van der Waals surface area contributed by atoms with Crippen molar-refractivity contribution >= 4 is 33.4 Å². The third-order valence-electron chi connectivity index (χ3n) is 6.62. The molecular weight excluding hydrogens is 456 g/mol. The van der Waals surface area contributed by atoms with Crippen molar-refractivity contribution in [1.29, 1.82) is 0 Å². The molecule has 1 saturated heterocycles. The topological polar surface area (TPSA) is 116 Å². The molecule has 1 aromatic rings. The van der Waals surface area contributed by atoms with Gasteiger partial charge in [0, 0.05) is 45.2 Å². The Morgan fingerprint density at radius 1 is 0.971 bits per heavy atom. The van der Waals surface area contributed by atoms with E-state index in [1.165, 1.54) is 70.2 Å². The number of amides is 3. The van der Waals surface area contributed by atoms with E-state index < -0.39 is 16.1 Å². The minimum atomic E-state index is -3.91. The van der Waals surface area contributed by atoms with Gasteiger partial charge in [-0.05, 0) is 43.5 Å². The molecule has 0 radical (unpaired) electrons. The number of nitrogens with zero attached hydrogens (tertiary/aromatic N) is 2. The highest BCUT2D eigenvalue weighted by Crippen LogP contribution is 2.27. The zero-order valence-electron chi connectivity index (χ0n) is 20.1. The number of carbonyl (C=O) groups is 3. The van der Waals surface area contributed by atoms with Crippen LogP contribution < -0.4 is 10.0 Å². The first-order valence-electron chi connectivity index (χ1n) is 12.1. The Hall–Kier alpha value is -2.46. The highest BCUT2D eigenvalue weighted by Gasteiger charge is 2.29. The lowest BCUT2D eigenvalue weighted by Gasteiger charge is -2.36. The molecular formula is C24H36N4O5S. The summed E-state index contributed by atoms with van der Waals surface area (Å²) in [7, 11) is -3.91. The van der Waals surface area contributed by atoms with E-state index in [1.54, 1.807) is 4.90 Å². The summed E-state index contributed by atoms with van der Waals surface area (Å²) in [6.07, 6.45) is 7.80. The van der Waals surface area contributed by atoms with Gasteiger partial charge in [0.2, 0.25) is 27.7 Å². The van der Waals surface area contributed by atoms with Crippen molar-refractivity contribution in [2.45, 2.75) is 69.7 Å². The Balaban J connectivity index is 1.46. The maximum Gasteiger partial charge on any atom is 0.241 e. The summed E-state index contributed by atoms with van der Waals surface area (Å²) >= 11 is 0. The maximum absolute atomic E-state index is 12.8. The van der Waals surface area contributed by atoms with Crippen molar-refractivity contribution in [3.8, 4) is 0 Å². The average Bonchev–Trinajstić information content (AvgIpc) is 2.82. The average molecular weight is 493 g/mol. The SMILES string of the molecule is CC(=O)Nc1ccc(S(=O)(=O)N[C@@H](C)C(=O)N2CCN(C(=O)CCC3CCCCC3)CC2)cc1. The fourth-order valence-corrected chi connectivity index (χ4v) is 5.88. The van der Waals surface area contributed by atoms with Gasteiger partial charge in [-0.25, -0.2) is 8.42 Å². The highest BCUT2D eigenvalue weighted by atomic mass is 32.2. The van der Waals surface area contributed by atoms with Crippen LogP contribution in [0.3, 0.4) is 0 Å². The van der Waals surface area contributed by atoms with E-state index in [4.69, 9.17) is 0 Å². The molecule has 2 fully saturated rings. The lowest BCUT2D eigenvalue weighted by molar-refractivity contribution is -0.140. The minimum Gasteiger partial charge on any atom is -0.339 e. The number of sulfonamides is 1. The van der Waals surface area contributed by atoms with Crippen LogP contribution in [0.4, 0.5) is 5.69 Å². The van der Waals surface area contributed by atoms with Crippen molar-refractivity contribution in [2.75, 3.05) is 31.5 Å². The van der Waals surface area contributed by atoms with Gasteiger partial charge in [-0.2, -0.15) is 4.72 Å². The first-order valence-corrected chi connectivity index (χ1v) is 13.6. The first-order chi connectivity index (χ1) is 16.2. The lowest BCUT2D eigenvalue weighted by atomic mass is 9.86. The number of hydrogen-bond acceptors (Lipinski definition) is 5. The Bertz CT molecular complexity index is 966. The van der Waals surface area contributed by atoms with E-state index >= 15 is 0 Å². The van der Waals surface area contributed by atoms with Crippen LogP contribution in [0.25, 0.3) is 0 Å². The summed E-state index contributed by atoms with van der Waals surface area (Å²) in [5.41, 5.74) is 0.488. The zero-order valence-corrected chi connectivity index (χ0v) is 20.9. The zero-order chi connectivity index (χ0) is 24.7. The predicted molar refractivity (Wildman–Crippen MR) is 129 cm³/mol.